The molecule has 0 aliphatic heterocycles. The Morgan fingerprint density at radius 3 is 2.18 bits per heavy atom. The van der Waals surface area contributed by atoms with Crippen LogP contribution in [0.25, 0.3) is 0 Å². The Balaban J connectivity index is 0.000001000. The van der Waals surface area contributed by atoms with Gasteiger partial charge in [-0.2, -0.15) is 17.7 Å². The molecule has 0 saturated heterocycles. The van der Waals surface area contributed by atoms with E-state index < -0.39 is 0 Å². The fraction of sp³-hybridized carbons (Fsp3) is 0.125. The zero-order valence-electron chi connectivity index (χ0n) is 6.00. The molecule has 1 aromatic rings. The molecule has 11 heavy (non-hydrogen) atoms. The molecule has 1 rings (SSSR count). The van der Waals surface area contributed by atoms with Crippen LogP contribution in [0.4, 0.5) is 0 Å². The molecule has 0 N–H and O–H groups in total. The molecule has 3 heteroatoms. The van der Waals surface area contributed by atoms with Gasteiger partial charge in [-0.25, -0.2) is 0 Å². The summed E-state index contributed by atoms with van der Waals surface area (Å²) < 4.78 is 4.88. The summed E-state index contributed by atoms with van der Waals surface area (Å²) >= 11 is 0. The maximum Gasteiger partial charge on any atom is 0.0943 e. The number of methoxy groups -OCH3 is 1. The summed E-state index contributed by atoms with van der Waals surface area (Å²) in [6.45, 7) is 0. The van der Waals surface area contributed by atoms with Crippen LogP contribution in [0.2, 0.25) is 0 Å². The fourth-order valence-corrected chi connectivity index (χ4v) is 0.659. The molecule has 0 bridgehead atoms. The van der Waals surface area contributed by atoms with E-state index in [2.05, 4.69) is 0 Å². The van der Waals surface area contributed by atoms with Crippen LogP contribution in [0.15, 0.2) is 24.3 Å². The van der Waals surface area contributed by atoms with Crippen molar-refractivity contribution < 1.29 is 26.6 Å². The second-order valence-corrected chi connectivity index (χ2v) is 1.83. The third-order valence-corrected chi connectivity index (χ3v) is 1.21. The van der Waals surface area contributed by atoms with Crippen LogP contribution in [0.3, 0.4) is 0 Å². The average Bonchev–Trinajstić information content (AvgIpc) is 2.05. The van der Waals surface area contributed by atoms with Crippen LogP contribution in [0.5, 0.6) is 5.75 Å². The second kappa shape index (κ2) is 4.94. The molecule has 0 spiro atoms. The first-order chi connectivity index (χ1) is 4.86. The van der Waals surface area contributed by atoms with Crippen molar-refractivity contribution in [3.63, 3.8) is 0 Å². The van der Waals surface area contributed by atoms with Gasteiger partial charge in [-0.15, -0.1) is 0 Å². The zero-order valence-corrected chi connectivity index (χ0v) is 7.18. The minimum Gasteiger partial charge on any atom is -0.499 e. The third-order valence-electron chi connectivity index (χ3n) is 1.21. The molecular weight excluding hydrogens is 183 g/mol. The first-order valence-corrected chi connectivity index (χ1v) is 2.89. The summed E-state index contributed by atoms with van der Waals surface area (Å²) in [6, 6.07) is 6.76. The van der Waals surface area contributed by atoms with Crippen molar-refractivity contribution in [2.45, 2.75) is 0 Å². The van der Waals surface area contributed by atoms with Crippen molar-refractivity contribution >= 4 is 6.29 Å². The predicted octanol–water partition coefficient (Wildman–Crippen LogP) is 1.15. The molecule has 0 saturated carbocycles. The summed E-state index contributed by atoms with van der Waals surface area (Å²) in [5, 5.41) is 0. The van der Waals surface area contributed by atoms with E-state index in [0.717, 1.165) is 5.75 Å². The Kier molecular flexibility index (Phi) is 4.58. The first kappa shape index (κ1) is 10.2. The number of hydrogen-bond acceptors (Lipinski definition) is 2. The first-order valence-electron chi connectivity index (χ1n) is 2.89. The van der Waals surface area contributed by atoms with Gasteiger partial charge in [-0.05, 0) is 0 Å². The maximum absolute atomic E-state index is 10.0. The number of rotatable bonds is 2. The van der Waals surface area contributed by atoms with E-state index in [-0.39, 0.29) is 17.1 Å². The van der Waals surface area contributed by atoms with Crippen LogP contribution in [-0.2, 0) is 21.9 Å². The van der Waals surface area contributed by atoms with E-state index in [0.29, 0.717) is 5.56 Å². The van der Waals surface area contributed by atoms with Crippen molar-refractivity contribution in [2.24, 2.45) is 0 Å². The van der Waals surface area contributed by atoms with Gasteiger partial charge in [0.15, 0.2) is 0 Å². The Morgan fingerprint density at radius 2 is 1.82 bits per heavy atom. The van der Waals surface area contributed by atoms with Crippen LogP contribution < -0.4 is 4.74 Å². The fourth-order valence-electron chi connectivity index (χ4n) is 0.659. The van der Waals surface area contributed by atoms with Crippen LogP contribution in [0.1, 0.15) is 5.56 Å². The molecule has 0 amide bonds. The second-order valence-electron chi connectivity index (χ2n) is 1.83. The summed E-state index contributed by atoms with van der Waals surface area (Å²) in [5.41, 5.74) is 0.542. The molecule has 0 aliphatic carbocycles. The van der Waals surface area contributed by atoms with Crippen LogP contribution in [0, 0.1) is 0 Å². The van der Waals surface area contributed by atoms with Gasteiger partial charge < -0.3 is 9.53 Å². The quantitative estimate of drug-likeness (QED) is 0.516. The Bertz CT molecular complexity index is 218. The van der Waals surface area contributed by atoms with Gasteiger partial charge in [0.05, 0.1) is 19.1 Å². The molecule has 1 radical (unpaired) electrons. The van der Waals surface area contributed by atoms with Gasteiger partial charge in [0.1, 0.15) is 0 Å². The summed E-state index contributed by atoms with van der Waals surface area (Å²) in [5.74, 6) is 0.749. The third kappa shape index (κ3) is 2.74. The topological polar surface area (TPSA) is 26.3 Å². The molecule has 0 aromatic heterocycles. The number of hydrogen-bond donors (Lipinski definition) is 0. The van der Waals surface area contributed by atoms with Gasteiger partial charge in [0, 0.05) is 17.1 Å². The molecule has 59 valence electrons. The predicted molar refractivity (Wildman–Crippen MR) is 37.8 cm³/mol. The monoisotopic (exact) mass is 190 g/mol. The molecule has 0 atom stereocenters. The number of carbonyl (C=O) groups excluding carboxylic acids is 1. The van der Waals surface area contributed by atoms with Gasteiger partial charge in [0.2, 0.25) is 0 Å². The Hall–Kier alpha value is -0.791. The van der Waals surface area contributed by atoms with Crippen molar-refractivity contribution in [3.8, 4) is 5.75 Å². The molecular formula is C8H7MnO2-. The van der Waals surface area contributed by atoms with E-state index in [4.69, 9.17) is 4.74 Å². The standard InChI is InChI=1S/C8H7O2.Mn/c1-10-8-4-2-7(6-9)3-5-8;/h2-5H,1H3;/q-1;. The normalized spacial score (nSPS) is 8.09. The molecule has 0 aliphatic rings. The van der Waals surface area contributed by atoms with E-state index in [1.165, 1.54) is 0 Å². The summed E-state index contributed by atoms with van der Waals surface area (Å²) in [7, 11) is 1.58. The Labute approximate surface area is 76.0 Å². The minimum atomic E-state index is 0. The van der Waals surface area contributed by atoms with Gasteiger partial charge in [-0.1, -0.05) is 12.1 Å². The maximum atomic E-state index is 10.0. The SMILES string of the molecule is COc1ccc([C-]=O)cc1.[Mn]. The van der Waals surface area contributed by atoms with Crippen LogP contribution >= 0.6 is 0 Å². The van der Waals surface area contributed by atoms with Crippen molar-refractivity contribution in [1.82, 2.24) is 0 Å². The molecule has 2 nitrogen and oxygen atoms in total. The number of ether oxygens (including phenoxy) is 1. The summed E-state index contributed by atoms with van der Waals surface area (Å²) in [6.07, 6.45) is 1.77. The average molecular weight is 190 g/mol. The molecule has 0 unspecified atom stereocenters. The number of benzene rings is 1. The smallest absolute Gasteiger partial charge is 0.0943 e. The zero-order chi connectivity index (χ0) is 7.40. The van der Waals surface area contributed by atoms with E-state index in [1.807, 2.05) is 0 Å². The minimum absolute atomic E-state index is 0. The van der Waals surface area contributed by atoms with Crippen molar-refractivity contribution in [2.75, 3.05) is 7.11 Å². The van der Waals surface area contributed by atoms with Crippen molar-refractivity contribution in [1.29, 1.82) is 0 Å². The van der Waals surface area contributed by atoms with E-state index in [1.54, 1.807) is 37.7 Å². The van der Waals surface area contributed by atoms with E-state index >= 15 is 0 Å². The molecule has 0 heterocycles. The largest absolute Gasteiger partial charge is 0.499 e. The summed E-state index contributed by atoms with van der Waals surface area (Å²) in [4.78, 5) is 10.0. The Morgan fingerprint density at radius 1 is 1.27 bits per heavy atom. The van der Waals surface area contributed by atoms with E-state index in [9.17, 15) is 4.79 Å². The van der Waals surface area contributed by atoms with Gasteiger partial charge in [0.25, 0.3) is 0 Å². The van der Waals surface area contributed by atoms with Gasteiger partial charge >= 0.3 is 0 Å². The van der Waals surface area contributed by atoms with Crippen molar-refractivity contribution in [3.05, 3.63) is 29.8 Å². The molecule has 0 fully saturated rings. The van der Waals surface area contributed by atoms with Crippen LogP contribution in [-0.4, -0.2) is 13.4 Å². The van der Waals surface area contributed by atoms with Gasteiger partial charge in [-0.3, -0.25) is 0 Å². The molecule has 1 aromatic carbocycles.